The number of hydrogen-bond donors (Lipinski definition) is 1. The first kappa shape index (κ1) is 12.0. The van der Waals surface area contributed by atoms with E-state index in [9.17, 15) is 17.6 Å². The van der Waals surface area contributed by atoms with Crippen LogP contribution in [-0.4, -0.2) is 25.4 Å². The zero-order valence-electron chi connectivity index (χ0n) is 8.97. The fourth-order valence-corrected chi connectivity index (χ4v) is 1.95. The first-order chi connectivity index (χ1) is 7.90. The van der Waals surface area contributed by atoms with Gasteiger partial charge in [0.1, 0.15) is 0 Å². The summed E-state index contributed by atoms with van der Waals surface area (Å²) in [5.74, 6) is -3.99. The number of nitrogens with two attached hydrogens (primary N) is 1. The summed E-state index contributed by atoms with van der Waals surface area (Å²) in [6, 6.07) is 4.96. The van der Waals surface area contributed by atoms with Crippen LogP contribution in [0, 0.1) is 0 Å². The van der Waals surface area contributed by atoms with Crippen molar-refractivity contribution in [3.63, 3.8) is 0 Å². The molecule has 0 spiro atoms. The van der Waals surface area contributed by atoms with Gasteiger partial charge in [-0.3, -0.25) is 0 Å². The smallest absolute Gasteiger partial charge is 0.324 e. The van der Waals surface area contributed by atoms with E-state index in [0.717, 1.165) is 5.56 Å². The predicted octanol–water partition coefficient (Wildman–Crippen LogP) is 2.53. The molecular weight excluding hydrogens is 236 g/mol. The molecule has 94 valence electrons. The van der Waals surface area contributed by atoms with Crippen molar-refractivity contribution in [3.05, 3.63) is 23.8 Å². The molecule has 0 aromatic heterocycles. The summed E-state index contributed by atoms with van der Waals surface area (Å²) < 4.78 is 50.2. The third-order valence-corrected chi connectivity index (χ3v) is 2.82. The SMILES string of the molecule is Nc1ccc2c(c1)N(CC(F)(F)C(F)F)CC2. The second-order valence-corrected chi connectivity index (χ2v) is 4.12. The standard InChI is InChI=1S/C11H12F4N2/c12-10(13)11(14,15)6-17-4-3-7-1-2-8(16)5-9(7)17/h1-2,5,10H,3-4,6,16H2. The van der Waals surface area contributed by atoms with E-state index in [-0.39, 0.29) is 0 Å². The van der Waals surface area contributed by atoms with Gasteiger partial charge in [-0.2, -0.15) is 8.78 Å². The zero-order chi connectivity index (χ0) is 12.6. The van der Waals surface area contributed by atoms with Crippen molar-refractivity contribution in [2.45, 2.75) is 18.8 Å². The van der Waals surface area contributed by atoms with Crippen molar-refractivity contribution in [2.24, 2.45) is 0 Å². The van der Waals surface area contributed by atoms with Crippen LogP contribution in [0.1, 0.15) is 5.56 Å². The average molecular weight is 248 g/mol. The predicted molar refractivity (Wildman–Crippen MR) is 57.7 cm³/mol. The second kappa shape index (κ2) is 4.09. The summed E-state index contributed by atoms with van der Waals surface area (Å²) in [4.78, 5) is 1.26. The molecule has 0 radical (unpaired) electrons. The van der Waals surface area contributed by atoms with Crippen LogP contribution < -0.4 is 10.6 Å². The van der Waals surface area contributed by atoms with Gasteiger partial charge in [0.15, 0.2) is 0 Å². The molecular formula is C11H12F4N2. The van der Waals surface area contributed by atoms with Gasteiger partial charge in [0.25, 0.3) is 0 Å². The maximum atomic E-state index is 13.0. The quantitative estimate of drug-likeness (QED) is 0.658. The number of alkyl halides is 4. The van der Waals surface area contributed by atoms with Gasteiger partial charge in [-0.05, 0) is 24.1 Å². The van der Waals surface area contributed by atoms with E-state index in [1.54, 1.807) is 18.2 Å². The lowest BCUT2D eigenvalue weighted by molar-refractivity contribution is -0.121. The van der Waals surface area contributed by atoms with Crippen LogP contribution in [0.2, 0.25) is 0 Å². The summed E-state index contributed by atoms with van der Waals surface area (Å²) >= 11 is 0. The number of hydrogen-bond acceptors (Lipinski definition) is 2. The number of benzene rings is 1. The molecule has 0 saturated carbocycles. The van der Waals surface area contributed by atoms with Gasteiger partial charge in [-0.15, -0.1) is 0 Å². The van der Waals surface area contributed by atoms with E-state index < -0.39 is 18.9 Å². The highest BCUT2D eigenvalue weighted by Crippen LogP contribution is 2.33. The van der Waals surface area contributed by atoms with Gasteiger partial charge in [-0.1, -0.05) is 6.07 Å². The molecule has 1 aliphatic rings. The Kier molecular flexibility index (Phi) is 2.89. The van der Waals surface area contributed by atoms with Crippen LogP contribution in [0.5, 0.6) is 0 Å². The molecule has 2 rings (SSSR count). The number of anilines is 2. The Morgan fingerprint density at radius 3 is 2.71 bits per heavy atom. The average Bonchev–Trinajstić information content (AvgIpc) is 2.60. The van der Waals surface area contributed by atoms with Crippen molar-refractivity contribution in [2.75, 3.05) is 23.7 Å². The number of nitrogen functional groups attached to an aromatic ring is 1. The van der Waals surface area contributed by atoms with E-state index in [1.807, 2.05) is 0 Å². The van der Waals surface area contributed by atoms with Gasteiger partial charge in [-0.25, -0.2) is 8.78 Å². The molecule has 0 saturated heterocycles. The molecule has 0 unspecified atom stereocenters. The summed E-state index contributed by atoms with van der Waals surface area (Å²) in [7, 11) is 0. The minimum Gasteiger partial charge on any atom is -0.399 e. The van der Waals surface area contributed by atoms with Crippen molar-refractivity contribution in [3.8, 4) is 0 Å². The van der Waals surface area contributed by atoms with E-state index in [0.29, 0.717) is 24.3 Å². The maximum absolute atomic E-state index is 13.0. The van der Waals surface area contributed by atoms with Gasteiger partial charge < -0.3 is 10.6 Å². The topological polar surface area (TPSA) is 29.3 Å². The molecule has 0 amide bonds. The molecule has 0 fully saturated rings. The molecule has 0 atom stereocenters. The van der Waals surface area contributed by atoms with Gasteiger partial charge in [0.05, 0.1) is 6.54 Å². The number of halogens is 4. The van der Waals surface area contributed by atoms with Crippen LogP contribution in [0.15, 0.2) is 18.2 Å². The second-order valence-electron chi connectivity index (χ2n) is 4.12. The number of rotatable bonds is 3. The molecule has 6 heteroatoms. The Hall–Kier alpha value is -1.46. The van der Waals surface area contributed by atoms with Crippen LogP contribution >= 0.6 is 0 Å². The number of nitrogens with zero attached hydrogens (tertiary/aromatic N) is 1. The lowest BCUT2D eigenvalue weighted by atomic mass is 10.1. The van der Waals surface area contributed by atoms with Crippen molar-refractivity contribution in [1.82, 2.24) is 0 Å². The van der Waals surface area contributed by atoms with Gasteiger partial charge in [0, 0.05) is 17.9 Å². The molecule has 1 aromatic rings. The van der Waals surface area contributed by atoms with E-state index in [1.165, 1.54) is 4.90 Å². The third kappa shape index (κ3) is 2.30. The molecule has 0 bridgehead atoms. The Bertz CT molecular complexity index is 420. The molecule has 2 nitrogen and oxygen atoms in total. The highest BCUT2D eigenvalue weighted by atomic mass is 19.3. The molecule has 1 aliphatic heterocycles. The third-order valence-electron chi connectivity index (χ3n) is 2.82. The molecule has 2 N–H and O–H groups in total. The van der Waals surface area contributed by atoms with Crippen molar-refractivity contribution >= 4 is 11.4 Å². The van der Waals surface area contributed by atoms with Crippen LogP contribution in [-0.2, 0) is 6.42 Å². The van der Waals surface area contributed by atoms with E-state index in [2.05, 4.69) is 0 Å². The molecule has 1 aromatic carbocycles. The van der Waals surface area contributed by atoms with Crippen molar-refractivity contribution < 1.29 is 17.6 Å². The Labute approximate surface area is 96.0 Å². The monoisotopic (exact) mass is 248 g/mol. The fraction of sp³-hybridized carbons (Fsp3) is 0.455. The first-order valence-electron chi connectivity index (χ1n) is 5.19. The molecule has 17 heavy (non-hydrogen) atoms. The summed E-state index contributed by atoms with van der Waals surface area (Å²) in [5, 5.41) is 0. The van der Waals surface area contributed by atoms with E-state index >= 15 is 0 Å². The highest BCUT2D eigenvalue weighted by molar-refractivity contribution is 5.64. The summed E-state index contributed by atoms with van der Waals surface area (Å²) in [6.45, 7) is -0.651. The van der Waals surface area contributed by atoms with Crippen LogP contribution in [0.3, 0.4) is 0 Å². The maximum Gasteiger partial charge on any atom is 0.324 e. The lowest BCUT2D eigenvalue weighted by Crippen LogP contribution is -2.41. The first-order valence-corrected chi connectivity index (χ1v) is 5.19. The Morgan fingerprint density at radius 1 is 1.35 bits per heavy atom. The van der Waals surface area contributed by atoms with Gasteiger partial charge in [0.2, 0.25) is 0 Å². The molecule has 1 heterocycles. The minimum atomic E-state index is -3.99. The zero-order valence-corrected chi connectivity index (χ0v) is 8.97. The number of fused-ring (bicyclic) bond motifs is 1. The van der Waals surface area contributed by atoms with Crippen LogP contribution in [0.25, 0.3) is 0 Å². The Morgan fingerprint density at radius 2 is 2.06 bits per heavy atom. The normalized spacial score (nSPS) is 15.5. The highest BCUT2D eigenvalue weighted by Gasteiger charge is 2.43. The summed E-state index contributed by atoms with van der Waals surface area (Å²) in [6.07, 6.45) is -3.07. The van der Waals surface area contributed by atoms with Gasteiger partial charge >= 0.3 is 12.3 Å². The Balaban J connectivity index is 2.20. The molecule has 0 aliphatic carbocycles. The largest absolute Gasteiger partial charge is 0.399 e. The lowest BCUT2D eigenvalue weighted by Gasteiger charge is -2.25. The minimum absolute atomic E-state index is 0.321. The fourth-order valence-electron chi connectivity index (χ4n) is 1.95. The van der Waals surface area contributed by atoms with Crippen LogP contribution in [0.4, 0.5) is 28.9 Å². The summed E-state index contributed by atoms with van der Waals surface area (Å²) in [5.41, 5.74) is 7.39. The van der Waals surface area contributed by atoms with Crippen molar-refractivity contribution in [1.29, 1.82) is 0 Å². The van der Waals surface area contributed by atoms with E-state index in [4.69, 9.17) is 5.73 Å².